The van der Waals surface area contributed by atoms with E-state index in [1.54, 1.807) is 0 Å². The number of hydrogen-bond donors (Lipinski definition) is 0. The average Bonchev–Trinajstić information content (AvgIpc) is 2.71. The fourth-order valence-electron chi connectivity index (χ4n) is 5.98. The Labute approximate surface area is 109 Å². The van der Waals surface area contributed by atoms with Gasteiger partial charge in [0.1, 0.15) is 11.6 Å². The number of carbonyl (C=O) groups excluding carboxylic acids is 2. The smallest absolute Gasteiger partial charge is 0.143 e. The first kappa shape index (κ1) is 11.2. The molecule has 0 aliphatic heterocycles. The predicted octanol–water partition coefficient (Wildman–Crippen LogP) is 3.00. The molecule has 98 valence electrons. The molecule has 2 nitrogen and oxygen atoms in total. The molecule has 0 saturated heterocycles. The molecule has 0 amide bonds. The first-order valence-corrected chi connectivity index (χ1v) is 7.83. The monoisotopic (exact) mass is 246 g/mol. The van der Waals surface area contributed by atoms with E-state index in [4.69, 9.17) is 0 Å². The van der Waals surface area contributed by atoms with E-state index in [-0.39, 0.29) is 17.5 Å². The van der Waals surface area contributed by atoms with Crippen molar-refractivity contribution in [3.05, 3.63) is 0 Å². The second-order valence-electron chi connectivity index (χ2n) is 7.00. The normalized spacial score (nSPS) is 50.9. The van der Waals surface area contributed by atoms with Crippen molar-refractivity contribution in [3.8, 4) is 0 Å². The molecular weight excluding hydrogens is 224 g/mol. The van der Waals surface area contributed by atoms with Gasteiger partial charge in [0.05, 0.1) is 5.92 Å². The highest BCUT2D eigenvalue weighted by atomic mass is 16.2. The van der Waals surface area contributed by atoms with Crippen molar-refractivity contribution in [2.45, 2.75) is 51.4 Å². The van der Waals surface area contributed by atoms with Crippen LogP contribution in [0.25, 0.3) is 0 Å². The van der Waals surface area contributed by atoms with Gasteiger partial charge >= 0.3 is 0 Å². The van der Waals surface area contributed by atoms with E-state index in [1.807, 2.05) is 0 Å². The van der Waals surface area contributed by atoms with Crippen molar-refractivity contribution < 1.29 is 9.59 Å². The molecule has 4 fully saturated rings. The van der Waals surface area contributed by atoms with Crippen molar-refractivity contribution in [2.24, 2.45) is 35.5 Å². The van der Waals surface area contributed by atoms with Crippen LogP contribution in [0.5, 0.6) is 0 Å². The zero-order valence-corrected chi connectivity index (χ0v) is 10.9. The third-order valence-electron chi connectivity index (χ3n) is 6.49. The van der Waals surface area contributed by atoms with Crippen molar-refractivity contribution >= 4 is 11.6 Å². The van der Waals surface area contributed by atoms with E-state index >= 15 is 0 Å². The third kappa shape index (κ3) is 1.35. The van der Waals surface area contributed by atoms with Gasteiger partial charge in [0.25, 0.3) is 0 Å². The Morgan fingerprint density at radius 3 is 1.67 bits per heavy atom. The molecule has 0 aromatic heterocycles. The molecule has 4 unspecified atom stereocenters. The van der Waals surface area contributed by atoms with Gasteiger partial charge in [-0.05, 0) is 55.3 Å². The van der Waals surface area contributed by atoms with Crippen molar-refractivity contribution in [2.75, 3.05) is 0 Å². The van der Waals surface area contributed by atoms with Crippen LogP contribution in [0.1, 0.15) is 51.4 Å². The Kier molecular flexibility index (Phi) is 2.43. The van der Waals surface area contributed by atoms with Gasteiger partial charge in [-0.3, -0.25) is 9.59 Å². The summed E-state index contributed by atoms with van der Waals surface area (Å²) in [6, 6.07) is 0. The second-order valence-corrected chi connectivity index (χ2v) is 7.00. The SMILES string of the molecule is O=C1CCC2C3CCCCC3C3CCC(=O)C1C23. The zero-order valence-electron chi connectivity index (χ0n) is 10.9. The molecule has 0 aromatic rings. The Balaban J connectivity index is 1.73. The highest BCUT2D eigenvalue weighted by Gasteiger charge is 2.58. The topological polar surface area (TPSA) is 34.1 Å². The minimum atomic E-state index is -0.173. The molecule has 0 bridgehead atoms. The summed E-state index contributed by atoms with van der Waals surface area (Å²) in [7, 11) is 0. The van der Waals surface area contributed by atoms with E-state index in [9.17, 15) is 9.59 Å². The molecular formula is C16H22O2. The van der Waals surface area contributed by atoms with Gasteiger partial charge in [0.2, 0.25) is 0 Å². The number of carbonyl (C=O) groups is 2. The van der Waals surface area contributed by atoms with E-state index in [2.05, 4.69) is 0 Å². The number of ketones is 2. The van der Waals surface area contributed by atoms with Gasteiger partial charge in [0, 0.05) is 12.8 Å². The maximum Gasteiger partial charge on any atom is 0.143 e. The lowest BCUT2D eigenvalue weighted by Crippen LogP contribution is -2.44. The summed E-state index contributed by atoms with van der Waals surface area (Å²) in [5, 5.41) is 0. The zero-order chi connectivity index (χ0) is 12.3. The molecule has 0 radical (unpaired) electrons. The maximum atomic E-state index is 12.1. The number of Topliss-reactive ketones (excluding diaryl/α,β-unsaturated/α-hetero) is 2. The summed E-state index contributed by atoms with van der Waals surface area (Å²) in [6.07, 6.45) is 9.05. The second kappa shape index (κ2) is 3.91. The quantitative estimate of drug-likeness (QED) is 0.616. The maximum absolute atomic E-state index is 12.1. The van der Waals surface area contributed by atoms with Crippen LogP contribution < -0.4 is 0 Å². The number of rotatable bonds is 0. The van der Waals surface area contributed by atoms with Gasteiger partial charge in [0.15, 0.2) is 0 Å². The molecule has 4 rings (SSSR count). The Morgan fingerprint density at radius 1 is 0.667 bits per heavy atom. The molecule has 4 atom stereocenters. The highest BCUT2D eigenvalue weighted by Crippen LogP contribution is 2.61. The van der Waals surface area contributed by atoms with Gasteiger partial charge in [-0.1, -0.05) is 12.8 Å². The summed E-state index contributed by atoms with van der Waals surface area (Å²) < 4.78 is 0. The molecule has 2 heteroatoms. The minimum absolute atomic E-state index is 0.173. The lowest BCUT2D eigenvalue weighted by atomic mass is 9.63. The van der Waals surface area contributed by atoms with E-state index in [1.165, 1.54) is 25.7 Å². The van der Waals surface area contributed by atoms with Gasteiger partial charge < -0.3 is 0 Å². The van der Waals surface area contributed by atoms with Gasteiger partial charge in [-0.25, -0.2) is 0 Å². The Hall–Kier alpha value is -0.660. The summed E-state index contributed by atoms with van der Waals surface area (Å²) in [4.78, 5) is 24.3. The van der Waals surface area contributed by atoms with Crippen molar-refractivity contribution in [3.63, 3.8) is 0 Å². The highest BCUT2D eigenvalue weighted by molar-refractivity contribution is 6.03. The molecule has 0 N–H and O–H groups in total. The first-order valence-electron chi connectivity index (χ1n) is 7.83. The van der Waals surface area contributed by atoms with Crippen LogP contribution in [0.4, 0.5) is 0 Å². The van der Waals surface area contributed by atoms with Crippen molar-refractivity contribution in [1.29, 1.82) is 0 Å². The Bertz CT molecular complexity index is 364. The molecule has 0 heterocycles. The molecule has 0 aromatic carbocycles. The van der Waals surface area contributed by atoms with Gasteiger partial charge in [-0.2, -0.15) is 0 Å². The fourth-order valence-corrected chi connectivity index (χ4v) is 5.98. The summed E-state index contributed by atoms with van der Waals surface area (Å²) in [5.74, 6) is 3.99. The number of hydrogen-bond acceptors (Lipinski definition) is 2. The van der Waals surface area contributed by atoms with Crippen molar-refractivity contribution in [1.82, 2.24) is 0 Å². The number of fused-ring (bicyclic) bond motifs is 3. The largest absolute Gasteiger partial charge is 0.299 e. The fraction of sp³-hybridized carbons (Fsp3) is 0.875. The third-order valence-corrected chi connectivity index (χ3v) is 6.49. The standard InChI is InChI=1S/C16H22O2/c17-13-7-5-11-9-3-1-2-4-10(9)12-6-8-14(18)16(13)15(11)12/h9-12,15-16H,1-8H2. The van der Waals surface area contributed by atoms with Crippen LogP contribution in [0.15, 0.2) is 0 Å². The van der Waals surface area contributed by atoms with Crippen LogP contribution in [-0.4, -0.2) is 11.6 Å². The lowest BCUT2D eigenvalue weighted by molar-refractivity contribution is -0.142. The minimum Gasteiger partial charge on any atom is -0.299 e. The molecule has 4 saturated carbocycles. The van der Waals surface area contributed by atoms with E-state index in [0.717, 1.165) is 24.7 Å². The summed E-state index contributed by atoms with van der Waals surface area (Å²) >= 11 is 0. The summed E-state index contributed by atoms with van der Waals surface area (Å²) in [6.45, 7) is 0. The van der Waals surface area contributed by atoms with Crippen LogP contribution in [-0.2, 0) is 9.59 Å². The van der Waals surface area contributed by atoms with E-state index < -0.39 is 0 Å². The van der Waals surface area contributed by atoms with Crippen LogP contribution in [0.2, 0.25) is 0 Å². The molecule has 4 aliphatic carbocycles. The van der Waals surface area contributed by atoms with Crippen LogP contribution in [0, 0.1) is 35.5 Å². The Morgan fingerprint density at radius 2 is 1.17 bits per heavy atom. The van der Waals surface area contributed by atoms with E-state index in [0.29, 0.717) is 30.6 Å². The molecule has 0 spiro atoms. The molecule has 4 aliphatic rings. The van der Waals surface area contributed by atoms with Crippen LogP contribution in [0.3, 0.4) is 0 Å². The lowest BCUT2D eigenvalue weighted by Gasteiger charge is -2.39. The van der Waals surface area contributed by atoms with Gasteiger partial charge in [-0.15, -0.1) is 0 Å². The summed E-state index contributed by atoms with van der Waals surface area (Å²) in [5.41, 5.74) is 0. The first-order chi connectivity index (χ1) is 8.77. The molecule has 18 heavy (non-hydrogen) atoms. The average molecular weight is 246 g/mol. The van der Waals surface area contributed by atoms with Crippen LogP contribution >= 0.6 is 0 Å². The predicted molar refractivity (Wildman–Crippen MR) is 67.9 cm³/mol.